The molecule has 18 heavy (non-hydrogen) atoms. The number of hydrogen-bond acceptors (Lipinski definition) is 3. The molecule has 4 heteroatoms. The van der Waals surface area contributed by atoms with E-state index in [-0.39, 0.29) is 24.2 Å². The third-order valence-corrected chi connectivity index (χ3v) is 4.12. The summed E-state index contributed by atoms with van der Waals surface area (Å²) in [5, 5.41) is 3.38. The zero-order valence-corrected chi connectivity index (χ0v) is 11.8. The molecule has 2 fully saturated rings. The van der Waals surface area contributed by atoms with Gasteiger partial charge in [-0.3, -0.25) is 4.79 Å². The maximum atomic E-state index is 12.5. The zero-order valence-electron chi connectivity index (χ0n) is 11.8. The number of piperidine rings is 1. The monoisotopic (exact) mass is 254 g/mol. The van der Waals surface area contributed by atoms with Crippen LogP contribution in [0.3, 0.4) is 0 Å². The van der Waals surface area contributed by atoms with Crippen molar-refractivity contribution in [1.29, 1.82) is 0 Å². The normalized spacial score (nSPS) is 37.6. The van der Waals surface area contributed by atoms with E-state index in [0.717, 1.165) is 26.1 Å². The molecule has 0 bridgehead atoms. The van der Waals surface area contributed by atoms with Crippen molar-refractivity contribution in [2.24, 2.45) is 5.92 Å². The maximum Gasteiger partial charge on any atom is 0.239 e. The Balaban J connectivity index is 1.93. The van der Waals surface area contributed by atoms with Crippen molar-refractivity contribution in [3.8, 4) is 0 Å². The minimum atomic E-state index is 0.0289. The zero-order chi connectivity index (χ0) is 13.1. The van der Waals surface area contributed by atoms with Gasteiger partial charge in [0.15, 0.2) is 0 Å². The van der Waals surface area contributed by atoms with E-state index in [9.17, 15) is 4.79 Å². The summed E-state index contributed by atoms with van der Waals surface area (Å²) < 4.78 is 5.68. The van der Waals surface area contributed by atoms with Gasteiger partial charge < -0.3 is 15.0 Å². The SMILES string of the molecule is CCC1CCNC(C(=O)N2CC(C)OC(C)C2)C1. The van der Waals surface area contributed by atoms with Gasteiger partial charge in [0.1, 0.15) is 0 Å². The van der Waals surface area contributed by atoms with Gasteiger partial charge in [-0.25, -0.2) is 0 Å². The molecule has 2 aliphatic heterocycles. The standard InChI is InChI=1S/C14H26N2O2/c1-4-12-5-6-15-13(7-12)14(17)16-8-10(2)18-11(3)9-16/h10-13,15H,4-9H2,1-3H3. The predicted molar refractivity (Wildman–Crippen MR) is 71.4 cm³/mol. The molecule has 4 atom stereocenters. The van der Waals surface area contributed by atoms with Crippen molar-refractivity contribution in [3.63, 3.8) is 0 Å². The lowest BCUT2D eigenvalue weighted by molar-refractivity contribution is -0.146. The number of amides is 1. The fourth-order valence-electron chi connectivity index (χ4n) is 3.13. The Morgan fingerprint density at radius 1 is 1.33 bits per heavy atom. The summed E-state index contributed by atoms with van der Waals surface area (Å²) in [6.07, 6.45) is 3.69. The first kappa shape index (κ1) is 13.8. The van der Waals surface area contributed by atoms with Crippen LogP contribution >= 0.6 is 0 Å². The first-order valence-corrected chi connectivity index (χ1v) is 7.27. The molecule has 104 valence electrons. The number of hydrogen-bond donors (Lipinski definition) is 1. The third-order valence-electron chi connectivity index (χ3n) is 4.12. The summed E-state index contributed by atoms with van der Waals surface area (Å²) in [6, 6.07) is 0.0289. The van der Waals surface area contributed by atoms with Crippen molar-refractivity contribution in [1.82, 2.24) is 10.2 Å². The highest BCUT2D eigenvalue weighted by Gasteiger charge is 2.33. The number of carbonyl (C=O) groups excluding carboxylic acids is 1. The van der Waals surface area contributed by atoms with Crippen molar-refractivity contribution in [2.45, 2.75) is 58.3 Å². The molecule has 1 N–H and O–H groups in total. The van der Waals surface area contributed by atoms with Crippen molar-refractivity contribution in [2.75, 3.05) is 19.6 Å². The topological polar surface area (TPSA) is 41.6 Å². The second-order valence-corrected chi connectivity index (χ2v) is 5.81. The largest absolute Gasteiger partial charge is 0.372 e. The lowest BCUT2D eigenvalue weighted by atomic mass is 9.89. The smallest absolute Gasteiger partial charge is 0.239 e. The van der Waals surface area contributed by atoms with Crippen molar-refractivity contribution >= 4 is 5.91 Å². The van der Waals surface area contributed by atoms with Crippen LogP contribution in [-0.2, 0) is 9.53 Å². The molecule has 0 aliphatic carbocycles. The van der Waals surface area contributed by atoms with Crippen LogP contribution in [0.2, 0.25) is 0 Å². The molecule has 0 radical (unpaired) electrons. The van der Waals surface area contributed by atoms with E-state index < -0.39 is 0 Å². The quantitative estimate of drug-likeness (QED) is 0.810. The van der Waals surface area contributed by atoms with Crippen molar-refractivity contribution in [3.05, 3.63) is 0 Å². The lowest BCUT2D eigenvalue weighted by Gasteiger charge is -2.39. The molecule has 2 saturated heterocycles. The van der Waals surface area contributed by atoms with E-state index in [4.69, 9.17) is 4.74 Å². The molecule has 0 aromatic carbocycles. The van der Waals surface area contributed by atoms with Crippen molar-refractivity contribution < 1.29 is 9.53 Å². The predicted octanol–water partition coefficient (Wildman–Crippen LogP) is 1.40. The highest BCUT2D eigenvalue weighted by Crippen LogP contribution is 2.21. The molecule has 0 aromatic heterocycles. The van der Waals surface area contributed by atoms with E-state index >= 15 is 0 Å². The molecule has 1 amide bonds. The van der Waals surface area contributed by atoms with Crippen LogP contribution in [-0.4, -0.2) is 48.7 Å². The fraction of sp³-hybridized carbons (Fsp3) is 0.929. The van der Waals surface area contributed by atoms with Crippen LogP contribution in [0.15, 0.2) is 0 Å². The summed E-state index contributed by atoms with van der Waals surface area (Å²) in [7, 11) is 0. The van der Waals surface area contributed by atoms with Gasteiger partial charge in [-0.05, 0) is 39.2 Å². The Morgan fingerprint density at radius 2 is 2.00 bits per heavy atom. The molecule has 2 rings (SSSR count). The van der Waals surface area contributed by atoms with Gasteiger partial charge in [0.05, 0.1) is 18.2 Å². The lowest BCUT2D eigenvalue weighted by Crippen LogP contribution is -2.55. The Bertz CT molecular complexity index is 286. The second kappa shape index (κ2) is 6.02. The molecule has 4 unspecified atom stereocenters. The van der Waals surface area contributed by atoms with Crippen LogP contribution in [0.1, 0.15) is 40.0 Å². The minimum Gasteiger partial charge on any atom is -0.372 e. The van der Waals surface area contributed by atoms with Crippen LogP contribution in [0.25, 0.3) is 0 Å². The van der Waals surface area contributed by atoms with E-state index in [1.165, 1.54) is 12.8 Å². The number of carbonyl (C=O) groups is 1. The first-order chi connectivity index (χ1) is 8.60. The Hall–Kier alpha value is -0.610. The van der Waals surface area contributed by atoms with Gasteiger partial charge in [-0.2, -0.15) is 0 Å². The molecule has 4 nitrogen and oxygen atoms in total. The molecule has 0 spiro atoms. The van der Waals surface area contributed by atoms with Crippen LogP contribution in [0.5, 0.6) is 0 Å². The Labute approximate surface area is 110 Å². The number of ether oxygens (including phenoxy) is 1. The number of nitrogens with one attached hydrogen (secondary N) is 1. The molecule has 0 aromatic rings. The van der Waals surface area contributed by atoms with Gasteiger partial charge in [-0.15, -0.1) is 0 Å². The molecule has 2 aliphatic rings. The Morgan fingerprint density at radius 3 is 2.61 bits per heavy atom. The Kier molecular flexibility index (Phi) is 4.62. The highest BCUT2D eigenvalue weighted by molar-refractivity contribution is 5.82. The first-order valence-electron chi connectivity index (χ1n) is 7.27. The molecular formula is C14H26N2O2. The van der Waals surface area contributed by atoms with Gasteiger partial charge in [0, 0.05) is 13.1 Å². The minimum absolute atomic E-state index is 0.0289. The summed E-state index contributed by atoms with van der Waals surface area (Å²) in [5.41, 5.74) is 0. The van der Waals surface area contributed by atoms with Gasteiger partial charge in [0.2, 0.25) is 5.91 Å². The fourth-order valence-corrected chi connectivity index (χ4v) is 3.13. The number of rotatable bonds is 2. The third kappa shape index (κ3) is 3.23. The van der Waals surface area contributed by atoms with E-state index in [2.05, 4.69) is 12.2 Å². The molecule has 2 heterocycles. The summed E-state index contributed by atoms with van der Waals surface area (Å²) >= 11 is 0. The summed E-state index contributed by atoms with van der Waals surface area (Å²) in [6.45, 7) is 8.75. The molecular weight excluding hydrogens is 228 g/mol. The number of nitrogens with zero attached hydrogens (tertiary/aromatic N) is 1. The number of morpholine rings is 1. The highest BCUT2D eigenvalue weighted by atomic mass is 16.5. The second-order valence-electron chi connectivity index (χ2n) is 5.81. The van der Waals surface area contributed by atoms with E-state index in [0.29, 0.717) is 5.92 Å². The van der Waals surface area contributed by atoms with Gasteiger partial charge >= 0.3 is 0 Å². The van der Waals surface area contributed by atoms with Crippen LogP contribution < -0.4 is 5.32 Å². The van der Waals surface area contributed by atoms with Gasteiger partial charge in [0.25, 0.3) is 0 Å². The molecule has 0 saturated carbocycles. The van der Waals surface area contributed by atoms with Crippen LogP contribution in [0, 0.1) is 5.92 Å². The average molecular weight is 254 g/mol. The maximum absolute atomic E-state index is 12.5. The average Bonchev–Trinajstić information content (AvgIpc) is 2.37. The van der Waals surface area contributed by atoms with E-state index in [1.807, 2.05) is 18.7 Å². The summed E-state index contributed by atoms with van der Waals surface area (Å²) in [5.74, 6) is 0.978. The van der Waals surface area contributed by atoms with E-state index in [1.54, 1.807) is 0 Å². The summed E-state index contributed by atoms with van der Waals surface area (Å²) in [4.78, 5) is 14.5. The van der Waals surface area contributed by atoms with Gasteiger partial charge in [-0.1, -0.05) is 13.3 Å². The van der Waals surface area contributed by atoms with Crippen LogP contribution in [0.4, 0.5) is 0 Å².